The zero-order valence-electron chi connectivity index (χ0n) is 18.4. The van der Waals surface area contributed by atoms with Crippen molar-refractivity contribution in [2.75, 3.05) is 11.9 Å². The SMILES string of the molecule is Cc1ccc(S(=O)(=O)NCCc2ccc(NC(=O)c3cccc(C(F)(F)F)c3)cc2)cc1C(=O)O. The van der Waals surface area contributed by atoms with Gasteiger partial charge in [-0.25, -0.2) is 17.9 Å². The van der Waals surface area contributed by atoms with Crippen LogP contribution in [0.5, 0.6) is 0 Å². The topological polar surface area (TPSA) is 113 Å². The number of alkyl halides is 3. The molecule has 3 N–H and O–H groups in total. The van der Waals surface area contributed by atoms with Crippen LogP contribution in [0.4, 0.5) is 18.9 Å². The Labute approximate surface area is 199 Å². The standard InChI is InChI=1S/C24H21F3N2O5S/c1-15-5-10-20(14-21(15)23(31)32)35(33,34)28-12-11-16-6-8-19(9-7-16)29-22(30)17-3-2-4-18(13-17)24(25,26)27/h2-10,13-14,28H,11-12H2,1H3,(H,29,30)(H,31,32). The summed E-state index contributed by atoms with van der Waals surface area (Å²) in [5.74, 6) is -1.92. The predicted octanol–water partition coefficient (Wildman–Crippen LogP) is 4.49. The number of nitrogens with one attached hydrogen (secondary N) is 2. The summed E-state index contributed by atoms with van der Waals surface area (Å²) >= 11 is 0. The summed E-state index contributed by atoms with van der Waals surface area (Å²) in [4.78, 5) is 23.4. The second-order valence-corrected chi connectivity index (χ2v) is 9.43. The molecule has 0 atom stereocenters. The Bertz CT molecular complexity index is 1350. The van der Waals surface area contributed by atoms with Crippen LogP contribution in [-0.4, -0.2) is 31.9 Å². The molecule has 3 aromatic rings. The van der Waals surface area contributed by atoms with Crippen LogP contribution in [0.1, 0.15) is 37.4 Å². The van der Waals surface area contributed by atoms with Crippen molar-refractivity contribution in [3.8, 4) is 0 Å². The van der Waals surface area contributed by atoms with Gasteiger partial charge in [0.1, 0.15) is 0 Å². The Morgan fingerprint density at radius 2 is 1.66 bits per heavy atom. The van der Waals surface area contributed by atoms with Crippen LogP contribution < -0.4 is 10.0 Å². The molecule has 35 heavy (non-hydrogen) atoms. The fourth-order valence-electron chi connectivity index (χ4n) is 3.21. The molecule has 11 heteroatoms. The van der Waals surface area contributed by atoms with E-state index in [1.165, 1.54) is 18.2 Å². The van der Waals surface area contributed by atoms with Gasteiger partial charge < -0.3 is 10.4 Å². The van der Waals surface area contributed by atoms with Gasteiger partial charge in [0.2, 0.25) is 10.0 Å². The summed E-state index contributed by atoms with van der Waals surface area (Å²) in [7, 11) is -3.92. The van der Waals surface area contributed by atoms with E-state index < -0.39 is 33.6 Å². The van der Waals surface area contributed by atoms with E-state index in [0.29, 0.717) is 17.7 Å². The van der Waals surface area contributed by atoms with E-state index in [9.17, 15) is 36.3 Å². The second-order valence-electron chi connectivity index (χ2n) is 7.66. The molecule has 3 aromatic carbocycles. The van der Waals surface area contributed by atoms with Crippen LogP contribution >= 0.6 is 0 Å². The molecule has 184 valence electrons. The Hall–Kier alpha value is -3.70. The van der Waals surface area contributed by atoms with Crippen molar-refractivity contribution in [2.24, 2.45) is 0 Å². The number of rotatable bonds is 8. The molecule has 0 unspecified atom stereocenters. The lowest BCUT2D eigenvalue weighted by atomic mass is 10.1. The number of aryl methyl sites for hydroxylation is 1. The van der Waals surface area contributed by atoms with Gasteiger partial charge in [0.05, 0.1) is 16.0 Å². The van der Waals surface area contributed by atoms with Crippen LogP contribution in [0.25, 0.3) is 0 Å². The highest BCUT2D eigenvalue weighted by molar-refractivity contribution is 7.89. The molecule has 0 aliphatic carbocycles. The van der Waals surface area contributed by atoms with Crippen LogP contribution in [0.15, 0.2) is 71.6 Å². The molecule has 0 saturated carbocycles. The van der Waals surface area contributed by atoms with Crippen molar-refractivity contribution < 1.29 is 36.3 Å². The zero-order valence-corrected chi connectivity index (χ0v) is 19.2. The first-order chi connectivity index (χ1) is 16.4. The van der Waals surface area contributed by atoms with Gasteiger partial charge in [-0.1, -0.05) is 24.3 Å². The predicted molar refractivity (Wildman–Crippen MR) is 123 cm³/mol. The van der Waals surface area contributed by atoms with Gasteiger partial charge in [-0.15, -0.1) is 0 Å². The number of benzene rings is 3. The zero-order chi connectivity index (χ0) is 25.8. The van der Waals surface area contributed by atoms with Gasteiger partial charge in [-0.2, -0.15) is 13.2 Å². The third-order valence-corrected chi connectivity index (χ3v) is 6.58. The average molecular weight is 507 g/mol. The fraction of sp³-hybridized carbons (Fsp3) is 0.167. The van der Waals surface area contributed by atoms with Crippen molar-refractivity contribution in [1.29, 1.82) is 0 Å². The van der Waals surface area contributed by atoms with Crippen molar-refractivity contribution >= 4 is 27.6 Å². The van der Waals surface area contributed by atoms with Crippen LogP contribution in [0, 0.1) is 6.92 Å². The summed E-state index contributed by atoms with van der Waals surface area (Å²) in [5.41, 5.74) is 0.373. The van der Waals surface area contributed by atoms with Crippen LogP contribution in [-0.2, 0) is 22.6 Å². The van der Waals surface area contributed by atoms with Gasteiger partial charge in [-0.3, -0.25) is 4.79 Å². The Balaban J connectivity index is 1.59. The lowest BCUT2D eigenvalue weighted by Crippen LogP contribution is -2.26. The van der Waals surface area contributed by atoms with Crippen molar-refractivity contribution in [2.45, 2.75) is 24.4 Å². The van der Waals surface area contributed by atoms with Gasteiger partial charge in [0.15, 0.2) is 0 Å². The maximum absolute atomic E-state index is 12.8. The van der Waals surface area contributed by atoms with E-state index >= 15 is 0 Å². The molecular weight excluding hydrogens is 485 g/mol. The van der Waals surface area contributed by atoms with E-state index in [1.54, 1.807) is 31.2 Å². The molecule has 0 heterocycles. The smallest absolute Gasteiger partial charge is 0.416 e. The van der Waals surface area contributed by atoms with Crippen molar-refractivity contribution in [1.82, 2.24) is 4.72 Å². The van der Waals surface area contributed by atoms with Gasteiger partial charge in [0.25, 0.3) is 5.91 Å². The Morgan fingerprint density at radius 1 is 0.971 bits per heavy atom. The molecule has 0 aliphatic heterocycles. The number of hydrogen-bond donors (Lipinski definition) is 3. The number of amides is 1. The first-order valence-electron chi connectivity index (χ1n) is 10.3. The average Bonchev–Trinajstić information content (AvgIpc) is 2.79. The third kappa shape index (κ3) is 6.67. The fourth-order valence-corrected chi connectivity index (χ4v) is 4.26. The van der Waals surface area contributed by atoms with Crippen molar-refractivity contribution in [3.63, 3.8) is 0 Å². The van der Waals surface area contributed by atoms with E-state index in [0.717, 1.165) is 29.8 Å². The molecule has 0 aromatic heterocycles. The number of halogens is 3. The molecule has 0 fully saturated rings. The van der Waals surface area contributed by atoms with Gasteiger partial charge in [0, 0.05) is 17.8 Å². The molecule has 3 rings (SSSR count). The van der Waals surface area contributed by atoms with E-state index in [1.807, 2.05) is 0 Å². The number of carboxylic acid groups (broad SMARTS) is 1. The minimum absolute atomic E-state index is 0.0363. The number of aromatic carboxylic acids is 1. The number of sulfonamides is 1. The third-order valence-electron chi connectivity index (χ3n) is 5.12. The second kappa shape index (κ2) is 10.3. The minimum atomic E-state index is -4.56. The molecular formula is C24H21F3N2O5S. The first-order valence-corrected chi connectivity index (χ1v) is 11.8. The summed E-state index contributed by atoms with van der Waals surface area (Å²) in [5, 5.41) is 11.7. The van der Waals surface area contributed by atoms with E-state index in [-0.39, 0.29) is 22.6 Å². The molecule has 0 aliphatic rings. The van der Waals surface area contributed by atoms with Gasteiger partial charge >= 0.3 is 12.1 Å². The van der Waals surface area contributed by atoms with Crippen LogP contribution in [0.3, 0.4) is 0 Å². The number of hydrogen-bond acceptors (Lipinski definition) is 4. The molecule has 0 saturated heterocycles. The lowest BCUT2D eigenvalue weighted by Gasteiger charge is -2.10. The monoisotopic (exact) mass is 506 g/mol. The summed E-state index contributed by atoms with van der Waals surface area (Å²) in [6.45, 7) is 1.60. The highest BCUT2D eigenvalue weighted by atomic mass is 32.2. The molecule has 0 spiro atoms. The molecule has 0 radical (unpaired) electrons. The van der Waals surface area contributed by atoms with E-state index in [4.69, 9.17) is 0 Å². The molecule has 0 bridgehead atoms. The van der Waals surface area contributed by atoms with Gasteiger partial charge in [-0.05, 0) is 66.9 Å². The number of carbonyl (C=O) groups is 2. The number of carbonyl (C=O) groups excluding carboxylic acids is 1. The summed E-state index contributed by atoms with van der Waals surface area (Å²) in [6, 6.07) is 14.3. The largest absolute Gasteiger partial charge is 0.478 e. The maximum atomic E-state index is 12.8. The minimum Gasteiger partial charge on any atom is -0.478 e. The number of carboxylic acids is 1. The Morgan fingerprint density at radius 3 is 2.29 bits per heavy atom. The Kier molecular flexibility index (Phi) is 7.61. The highest BCUT2D eigenvalue weighted by Gasteiger charge is 2.30. The number of anilines is 1. The molecule has 7 nitrogen and oxygen atoms in total. The lowest BCUT2D eigenvalue weighted by molar-refractivity contribution is -0.137. The quantitative estimate of drug-likeness (QED) is 0.417. The summed E-state index contributed by atoms with van der Waals surface area (Å²) < 4.78 is 65.9. The van der Waals surface area contributed by atoms with Crippen LogP contribution in [0.2, 0.25) is 0 Å². The highest BCUT2D eigenvalue weighted by Crippen LogP contribution is 2.29. The molecule has 1 amide bonds. The van der Waals surface area contributed by atoms with Crippen molar-refractivity contribution in [3.05, 3.63) is 94.5 Å². The van der Waals surface area contributed by atoms with E-state index in [2.05, 4.69) is 10.0 Å². The normalized spacial score (nSPS) is 11.8. The maximum Gasteiger partial charge on any atom is 0.416 e. The summed E-state index contributed by atoms with van der Waals surface area (Å²) in [6.07, 6.45) is -4.25. The first kappa shape index (κ1) is 25.9.